The van der Waals surface area contributed by atoms with Crippen LogP contribution in [0.5, 0.6) is 11.5 Å². The Morgan fingerprint density at radius 3 is 2.43 bits per heavy atom. The highest BCUT2D eigenvalue weighted by Crippen LogP contribution is 2.29. The number of nitrogens with two attached hydrogens (primary N) is 2. The fraction of sp³-hybridized carbons (Fsp3) is 0.0714. The summed E-state index contributed by atoms with van der Waals surface area (Å²) in [7, 11) is -3.32. The van der Waals surface area contributed by atoms with Gasteiger partial charge in [0.1, 0.15) is 11.5 Å². The van der Waals surface area contributed by atoms with E-state index in [0.717, 1.165) is 6.26 Å². The van der Waals surface area contributed by atoms with Gasteiger partial charge in [0.15, 0.2) is 9.84 Å². The summed E-state index contributed by atoms with van der Waals surface area (Å²) in [6.45, 7) is 0. The molecule has 2 aromatic rings. The van der Waals surface area contributed by atoms with E-state index in [1.54, 1.807) is 12.1 Å². The van der Waals surface area contributed by atoms with Crippen LogP contribution in [0, 0.1) is 0 Å². The number of carbonyl (C=O) groups is 1. The van der Waals surface area contributed by atoms with Crippen LogP contribution in [0.2, 0.25) is 0 Å². The minimum atomic E-state index is -3.32. The largest absolute Gasteiger partial charge is 0.455 e. The Morgan fingerprint density at radius 1 is 1.14 bits per heavy atom. The number of hydrogen-bond donors (Lipinski definition) is 2. The van der Waals surface area contributed by atoms with Crippen molar-refractivity contribution in [2.45, 2.75) is 4.90 Å². The quantitative estimate of drug-likeness (QED) is 0.832. The van der Waals surface area contributed by atoms with Crippen molar-refractivity contribution in [3.05, 3.63) is 48.0 Å². The van der Waals surface area contributed by atoms with E-state index in [0.29, 0.717) is 11.5 Å². The van der Waals surface area contributed by atoms with Gasteiger partial charge in [0.05, 0.1) is 10.6 Å². The van der Waals surface area contributed by atoms with Crippen LogP contribution in [0.4, 0.5) is 5.69 Å². The minimum absolute atomic E-state index is 0.146. The van der Waals surface area contributed by atoms with Crippen molar-refractivity contribution in [2.24, 2.45) is 5.73 Å². The van der Waals surface area contributed by atoms with Crippen LogP contribution in [-0.4, -0.2) is 20.6 Å². The van der Waals surface area contributed by atoms with Gasteiger partial charge in [0.25, 0.3) is 0 Å². The number of nitrogen functional groups attached to an aromatic ring is 1. The number of hydrogen-bond acceptors (Lipinski definition) is 5. The molecule has 4 N–H and O–H groups in total. The number of ether oxygens (including phenoxy) is 1. The van der Waals surface area contributed by atoms with Gasteiger partial charge in [0, 0.05) is 11.8 Å². The molecule has 110 valence electrons. The Balaban J connectivity index is 2.33. The predicted molar refractivity (Wildman–Crippen MR) is 79.0 cm³/mol. The van der Waals surface area contributed by atoms with Gasteiger partial charge in [-0.15, -0.1) is 0 Å². The number of amides is 1. The third-order valence-electron chi connectivity index (χ3n) is 2.76. The Bertz CT molecular complexity index is 800. The molecule has 0 radical (unpaired) electrons. The lowest BCUT2D eigenvalue weighted by molar-refractivity contribution is 0.100. The zero-order valence-electron chi connectivity index (χ0n) is 11.2. The summed E-state index contributed by atoms with van der Waals surface area (Å²) in [6, 6.07) is 10.4. The molecule has 2 aromatic carbocycles. The molecule has 1 amide bonds. The fourth-order valence-electron chi connectivity index (χ4n) is 1.69. The Labute approximate surface area is 122 Å². The lowest BCUT2D eigenvalue weighted by atomic mass is 10.2. The number of anilines is 1. The van der Waals surface area contributed by atoms with Crippen molar-refractivity contribution in [1.29, 1.82) is 0 Å². The lowest BCUT2D eigenvalue weighted by Gasteiger charge is -2.10. The summed E-state index contributed by atoms with van der Waals surface area (Å²) >= 11 is 0. The first-order valence-electron chi connectivity index (χ1n) is 5.94. The van der Waals surface area contributed by atoms with Gasteiger partial charge in [0.2, 0.25) is 5.91 Å². The molecule has 7 heteroatoms. The summed E-state index contributed by atoms with van der Waals surface area (Å²) in [5, 5.41) is 0. The van der Waals surface area contributed by atoms with Crippen LogP contribution in [0.15, 0.2) is 47.4 Å². The Hall–Kier alpha value is -2.54. The highest BCUT2D eigenvalue weighted by atomic mass is 32.2. The average molecular weight is 306 g/mol. The van der Waals surface area contributed by atoms with Crippen molar-refractivity contribution >= 4 is 21.4 Å². The zero-order chi connectivity index (χ0) is 15.6. The Morgan fingerprint density at radius 2 is 1.86 bits per heavy atom. The molecule has 0 heterocycles. The number of carbonyl (C=O) groups excluding carboxylic acids is 1. The maximum absolute atomic E-state index is 11.5. The van der Waals surface area contributed by atoms with Crippen molar-refractivity contribution in [3.63, 3.8) is 0 Å². The first-order chi connectivity index (χ1) is 9.77. The van der Waals surface area contributed by atoms with Gasteiger partial charge in [-0.2, -0.15) is 0 Å². The van der Waals surface area contributed by atoms with E-state index >= 15 is 0 Å². The number of rotatable bonds is 4. The average Bonchev–Trinajstić information content (AvgIpc) is 2.40. The SMILES string of the molecule is CS(=O)(=O)c1cccc(Oc2ccc(C(N)=O)cc2N)c1. The van der Waals surface area contributed by atoms with Crippen LogP contribution in [0.25, 0.3) is 0 Å². The predicted octanol–water partition coefficient (Wildman–Crippen LogP) is 1.56. The molecule has 0 spiro atoms. The summed E-state index contributed by atoms with van der Waals surface area (Å²) < 4.78 is 28.5. The summed E-state index contributed by atoms with van der Waals surface area (Å²) in [4.78, 5) is 11.2. The van der Waals surface area contributed by atoms with Gasteiger partial charge in [-0.3, -0.25) is 4.79 Å². The Kier molecular flexibility index (Phi) is 3.86. The first kappa shape index (κ1) is 14.9. The van der Waals surface area contributed by atoms with Crippen molar-refractivity contribution < 1.29 is 17.9 Å². The standard InChI is InChI=1S/C14H14N2O4S/c1-21(18,19)11-4-2-3-10(8-11)20-13-6-5-9(14(16)17)7-12(13)15/h2-8H,15H2,1H3,(H2,16,17). The molecule has 6 nitrogen and oxygen atoms in total. The van der Waals surface area contributed by atoms with Crippen LogP contribution in [0.1, 0.15) is 10.4 Å². The van der Waals surface area contributed by atoms with E-state index in [2.05, 4.69) is 0 Å². The topological polar surface area (TPSA) is 112 Å². The first-order valence-corrected chi connectivity index (χ1v) is 7.84. The van der Waals surface area contributed by atoms with Gasteiger partial charge < -0.3 is 16.2 Å². The third-order valence-corrected chi connectivity index (χ3v) is 3.87. The highest BCUT2D eigenvalue weighted by molar-refractivity contribution is 7.90. The van der Waals surface area contributed by atoms with E-state index in [1.807, 2.05) is 0 Å². The molecule has 2 rings (SSSR count). The van der Waals surface area contributed by atoms with Crippen molar-refractivity contribution in [2.75, 3.05) is 12.0 Å². The summed E-state index contributed by atoms with van der Waals surface area (Å²) in [5.41, 5.74) is 11.4. The third kappa shape index (κ3) is 3.51. The maximum atomic E-state index is 11.5. The second-order valence-electron chi connectivity index (χ2n) is 4.47. The summed E-state index contributed by atoms with van der Waals surface area (Å²) in [5.74, 6) is 0.0504. The molecule has 0 saturated carbocycles. The van der Waals surface area contributed by atoms with Crippen molar-refractivity contribution in [1.82, 2.24) is 0 Å². The molecular weight excluding hydrogens is 292 g/mol. The second kappa shape index (κ2) is 5.45. The van der Waals surface area contributed by atoms with E-state index in [4.69, 9.17) is 16.2 Å². The number of benzene rings is 2. The van der Waals surface area contributed by atoms with Crippen LogP contribution < -0.4 is 16.2 Å². The minimum Gasteiger partial charge on any atom is -0.455 e. The van der Waals surface area contributed by atoms with Crippen molar-refractivity contribution in [3.8, 4) is 11.5 Å². The maximum Gasteiger partial charge on any atom is 0.248 e. The van der Waals surface area contributed by atoms with Gasteiger partial charge in [-0.1, -0.05) is 6.07 Å². The fourth-order valence-corrected chi connectivity index (χ4v) is 2.35. The lowest BCUT2D eigenvalue weighted by Crippen LogP contribution is -2.11. The van der Waals surface area contributed by atoms with E-state index < -0.39 is 15.7 Å². The monoisotopic (exact) mass is 306 g/mol. The molecule has 0 bridgehead atoms. The van der Waals surface area contributed by atoms with Crippen LogP contribution in [0.3, 0.4) is 0 Å². The second-order valence-corrected chi connectivity index (χ2v) is 6.48. The van der Waals surface area contributed by atoms with Crippen LogP contribution >= 0.6 is 0 Å². The zero-order valence-corrected chi connectivity index (χ0v) is 12.1. The molecule has 21 heavy (non-hydrogen) atoms. The number of sulfone groups is 1. The van der Waals surface area contributed by atoms with Gasteiger partial charge in [-0.25, -0.2) is 8.42 Å². The molecule has 0 aromatic heterocycles. The van der Waals surface area contributed by atoms with E-state index in [1.165, 1.54) is 30.3 Å². The van der Waals surface area contributed by atoms with Crippen LogP contribution in [-0.2, 0) is 9.84 Å². The summed E-state index contributed by atoms with van der Waals surface area (Å²) in [6.07, 6.45) is 1.11. The molecule has 0 fully saturated rings. The highest BCUT2D eigenvalue weighted by Gasteiger charge is 2.10. The van der Waals surface area contributed by atoms with Gasteiger partial charge in [-0.05, 0) is 36.4 Å². The molecule has 0 saturated heterocycles. The molecular formula is C14H14N2O4S. The molecule has 0 aliphatic rings. The molecule has 0 atom stereocenters. The van der Waals surface area contributed by atoms with Gasteiger partial charge >= 0.3 is 0 Å². The number of primary amides is 1. The van der Waals surface area contributed by atoms with E-state index in [-0.39, 0.29) is 16.1 Å². The molecule has 0 aliphatic carbocycles. The normalized spacial score (nSPS) is 11.1. The molecule has 0 unspecified atom stereocenters. The smallest absolute Gasteiger partial charge is 0.248 e. The van der Waals surface area contributed by atoms with E-state index in [9.17, 15) is 13.2 Å². The molecule has 0 aliphatic heterocycles.